The third-order valence-corrected chi connectivity index (χ3v) is 4.87. The molecule has 8 heteroatoms. The number of para-hydroxylation sites is 1. The van der Waals surface area contributed by atoms with Crippen molar-refractivity contribution < 1.29 is 13.6 Å². The minimum atomic E-state index is -1.02. The van der Waals surface area contributed by atoms with Crippen molar-refractivity contribution in [3.05, 3.63) is 65.5 Å². The first kappa shape index (κ1) is 18.2. The second-order valence-electron chi connectivity index (χ2n) is 6.74. The Kier molecular flexibility index (Phi) is 4.87. The molecule has 0 aliphatic carbocycles. The zero-order valence-electron chi connectivity index (χ0n) is 15.1. The van der Waals surface area contributed by atoms with Crippen molar-refractivity contribution in [3.8, 4) is 0 Å². The van der Waals surface area contributed by atoms with Crippen LogP contribution >= 0.6 is 0 Å². The number of fused-ring (bicyclic) bond motifs is 1. The number of carbonyl (C=O) groups is 1. The van der Waals surface area contributed by atoms with Crippen molar-refractivity contribution in [1.29, 1.82) is 0 Å². The first-order valence-electron chi connectivity index (χ1n) is 8.99. The number of rotatable bonds is 3. The van der Waals surface area contributed by atoms with Crippen molar-refractivity contribution in [3.63, 3.8) is 0 Å². The van der Waals surface area contributed by atoms with Crippen molar-refractivity contribution in [2.75, 3.05) is 31.9 Å². The lowest BCUT2D eigenvalue weighted by Crippen LogP contribution is -2.48. The maximum absolute atomic E-state index is 13.4. The first-order valence-corrected chi connectivity index (χ1v) is 8.99. The standard InChI is InChI=1S/C20H19F2N5O/c21-15-6-5-13(11-16(15)22)20(28)27-9-7-26(8-10-27)12-18-24-17-4-2-1-3-14(17)19(23)25-18/h1-6,11H,7-10,12H2,(H2,23,24,25). The van der Waals surface area contributed by atoms with Gasteiger partial charge in [0, 0.05) is 37.1 Å². The molecule has 0 spiro atoms. The molecule has 0 unspecified atom stereocenters. The molecule has 1 saturated heterocycles. The maximum Gasteiger partial charge on any atom is 0.254 e. The van der Waals surface area contributed by atoms with Gasteiger partial charge in [-0.15, -0.1) is 0 Å². The van der Waals surface area contributed by atoms with Gasteiger partial charge in [0.15, 0.2) is 11.6 Å². The summed E-state index contributed by atoms with van der Waals surface area (Å²) < 4.78 is 26.4. The Bertz CT molecular complexity index is 1030. The highest BCUT2D eigenvalue weighted by Gasteiger charge is 2.23. The average Bonchev–Trinajstić information content (AvgIpc) is 2.70. The number of halogens is 2. The molecule has 4 rings (SSSR count). The van der Waals surface area contributed by atoms with Crippen molar-refractivity contribution in [2.24, 2.45) is 0 Å². The molecular formula is C20H19F2N5O. The van der Waals surface area contributed by atoms with Crippen LogP contribution in [0.5, 0.6) is 0 Å². The van der Waals surface area contributed by atoms with E-state index in [-0.39, 0.29) is 11.5 Å². The Hall–Kier alpha value is -3.13. The van der Waals surface area contributed by atoms with Crippen LogP contribution in [-0.2, 0) is 6.54 Å². The molecule has 2 heterocycles. The highest BCUT2D eigenvalue weighted by molar-refractivity contribution is 5.94. The third-order valence-electron chi connectivity index (χ3n) is 4.87. The van der Waals surface area contributed by atoms with E-state index < -0.39 is 11.6 Å². The summed E-state index contributed by atoms with van der Waals surface area (Å²) in [6.07, 6.45) is 0. The second-order valence-corrected chi connectivity index (χ2v) is 6.74. The smallest absolute Gasteiger partial charge is 0.254 e. The predicted molar refractivity (Wildman–Crippen MR) is 101 cm³/mol. The van der Waals surface area contributed by atoms with Gasteiger partial charge in [0.1, 0.15) is 11.6 Å². The van der Waals surface area contributed by atoms with E-state index in [4.69, 9.17) is 5.73 Å². The molecule has 28 heavy (non-hydrogen) atoms. The Balaban J connectivity index is 1.40. The molecule has 2 N–H and O–H groups in total. The fourth-order valence-corrected chi connectivity index (χ4v) is 3.34. The van der Waals surface area contributed by atoms with E-state index >= 15 is 0 Å². The molecule has 1 aliphatic heterocycles. The van der Waals surface area contributed by atoms with Crippen LogP contribution in [0.1, 0.15) is 16.2 Å². The van der Waals surface area contributed by atoms with Gasteiger partial charge in [0.25, 0.3) is 5.91 Å². The van der Waals surface area contributed by atoms with Gasteiger partial charge in [0.05, 0.1) is 12.1 Å². The van der Waals surface area contributed by atoms with Crippen LogP contribution in [0.4, 0.5) is 14.6 Å². The van der Waals surface area contributed by atoms with Crippen molar-refractivity contribution in [2.45, 2.75) is 6.54 Å². The topological polar surface area (TPSA) is 75.3 Å². The normalized spacial score (nSPS) is 15.1. The van der Waals surface area contributed by atoms with E-state index in [0.29, 0.717) is 44.4 Å². The average molecular weight is 383 g/mol. The lowest BCUT2D eigenvalue weighted by atomic mass is 10.1. The van der Waals surface area contributed by atoms with Crippen molar-refractivity contribution >= 4 is 22.6 Å². The molecule has 1 fully saturated rings. The number of aromatic nitrogens is 2. The third kappa shape index (κ3) is 3.63. The number of piperazine rings is 1. The highest BCUT2D eigenvalue weighted by atomic mass is 19.2. The van der Waals surface area contributed by atoms with Gasteiger partial charge in [0.2, 0.25) is 0 Å². The lowest BCUT2D eigenvalue weighted by Gasteiger charge is -2.34. The molecule has 3 aromatic rings. The van der Waals surface area contributed by atoms with Crippen LogP contribution in [0.25, 0.3) is 10.9 Å². The van der Waals surface area contributed by atoms with Crippen LogP contribution in [0, 0.1) is 11.6 Å². The molecule has 1 aromatic heterocycles. The molecular weight excluding hydrogens is 364 g/mol. The molecule has 0 radical (unpaired) electrons. The molecule has 144 valence electrons. The lowest BCUT2D eigenvalue weighted by molar-refractivity contribution is 0.0625. The van der Waals surface area contributed by atoms with E-state index in [2.05, 4.69) is 14.9 Å². The monoisotopic (exact) mass is 383 g/mol. The van der Waals surface area contributed by atoms with Crippen LogP contribution < -0.4 is 5.73 Å². The number of anilines is 1. The highest BCUT2D eigenvalue weighted by Crippen LogP contribution is 2.18. The molecule has 0 atom stereocenters. The summed E-state index contributed by atoms with van der Waals surface area (Å²) >= 11 is 0. The zero-order valence-corrected chi connectivity index (χ0v) is 15.1. The number of nitrogens with two attached hydrogens (primary N) is 1. The summed E-state index contributed by atoms with van der Waals surface area (Å²) in [4.78, 5) is 25.2. The number of hydrogen-bond donors (Lipinski definition) is 1. The molecule has 2 aromatic carbocycles. The van der Waals surface area contributed by atoms with Gasteiger partial charge in [-0.05, 0) is 30.3 Å². The van der Waals surface area contributed by atoms with Crippen LogP contribution in [0.3, 0.4) is 0 Å². The van der Waals surface area contributed by atoms with E-state index in [1.54, 1.807) is 4.90 Å². The number of benzene rings is 2. The molecule has 1 amide bonds. The predicted octanol–water partition coefficient (Wildman–Crippen LogP) is 2.45. The Morgan fingerprint density at radius 2 is 1.75 bits per heavy atom. The summed E-state index contributed by atoms with van der Waals surface area (Å²) in [7, 11) is 0. The quantitative estimate of drug-likeness (QED) is 0.752. The Labute approximate surface area is 160 Å². The SMILES string of the molecule is Nc1nc(CN2CCN(C(=O)c3ccc(F)c(F)c3)CC2)nc2ccccc12. The van der Waals surface area contributed by atoms with Gasteiger partial charge in [-0.1, -0.05) is 12.1 Å². The minimum Gasteiger partial charge on any atom is -0.383 e. The minimum absolute atomic E-state index is 0.151. The van der Waals surface area contributed by atoms with Crippen LogP contribution in [0.2, 0.25) is 0 Å². The number of carbonyl (C=O) groups excluding carboxylic acids is 1. The largest absolute Gasteiger partial charge is 0.383 e. The fourth-order valence-electron chi connectivity index (χ4n) is 3.34. The number of nitrogen functional groups attached to an aromatic ring is 1. The Morgan fingerprint density at radius 1 is 1.00 bits per heavy atom. The van der Waals surface area contributed by atoms with Crippen LogP contribution in [0.15, 0.2) is 42.5 Å². The summed E-state index contributed by atoms with van der Waals surface area (Å²) in [6.45, 7) is 2.76. The number of amides is 1. The van der Waals surface area contributed by atoms with E-state index in [1.807, 2.05) is 24.3 Å². The van der Waals surface area contributed by atoms with Gasteiger partial charge in [-0.2, -0.15) is 0 Å². The maximum atomic E-state index is 13.4. The molecule has 6 nitrogen and oxygen atoms in total. The van der Waals surface area contributed by atoms with Gasteiger partial charge < -0.3 is 10.6 Å². The van der Waals surface area contributed by atoms with Crippen molar-refractivity contribution in [1.82, 2.24) is 19.8 Å². The molecule has 0 saturated carbocycles. The first-order chi connectivity index (χ1) is 13.5. The van der Waals surface area contributed by atoms with Gasteiger partial charge in [-0.3, -0.25) is 9.69 Å². The van der Waals surface area contributed by atoms with E-state index in [1.165, 1.54) is 6.07 Å². The second kappa shape index (κ2) is 7.47. The number of nitrogens with zero attached hydrogens (tertiary/aromatic N) is 4. The van der Waals surface area contributed by atoms with Gasteiger partial charge in [-0.25, -0.2) is 18.7 Å². The van der Waals surface area contributed by atoms with E-state index in [0.717, 1.165) is 23.0 Å². The summed E-state index contributed by atoms with van der Waals surface area (Å²) in [5.74, 6) is -1.19. The van der Waals surface area contributed by atoms with Gasteiger partial charge >= 0.3 is 0 Å². The Morgan fingerprint density at radius 3 is 2.50 bits per heavy atom. The summed E-state index contributed by atoms with van der Waals surface area (Å²) in [6, 6.07) is 10.8. The summed E-state index contributed by atoms with van der Waals surface area (Å²) in [5.41, 5.74) is 6.99. The number of hydrogen-bond acceptors (Lipinski definition) is 5. The van der Waals surface area contributed by atoms with Crippen LogP contribution in [-0.4, -0.2) is 51.9 Å². The molecule has 1 aliphatic rings. The summed E-state index contributed by atoms with van der Waals surface area (Å²) in [5, 5.41) is 0.827. The molecule has 0 bridgehead atoms. The fraction of sp³-hybridized carbons (Fsp3) is 0.250. The van der Waals surface area contributed by atoms with E-state index in [9.17, 15) is 13.6 Å². The zero-order chi connectivity index (χ0) is 19.7.